The summed E-state index contributed by atoms with van der Waals surface area (Å²) in [5.74, 6) is -0.437. The van der Waals surface area contributed by atoms with Crippen LogP contribution in [0.2, 0.25) is 0 Å². The minimum atomic E-state index is -0.488. The molecule has 1 aliphatic heterocycles. The summed E-state index contributed by atoms with van der Waals surface area (Å²) in [6, 6.07) is 2.91. The first-order valence-corrected chi connectivity index (χ1v) is 7.26. The van der Waals surface area contributed by atoms with Crippen LogP contribution in [0.1, 0.15) is 19.3 Å². The summed E-state index contributed by atoms with van der Waals surface area (Å²) >= 11 is 1.75. The Hall–Kier alpha value is -0.960. The van der Waals surface area contributed by atoms with Gasteiger partial charge in [0.1, 0.15) is 11.5 Å². The van der Waals surface area contributed by atoms with Crippen LogP contribution in [0.15, 0.2) is 12.1 Å². The standard InChI is InChI=1S/C12H15FIN3O2/c13-9-6-11(12(17(18)19)7-10(9)14)16-5-3-8-2-1-4-15-8/h6-8,15-16H,1-5H2/t8-/m0/s1. The summed E-state index contributed by atoms with van der Waals surface area (Å²) in [7, 11) is 0. The third kappa shape index (κ3) is 3.75. The topological polar surface area (TPSA) is 67.2 Å². The molecule has 0 saturated carbocycles. The lowest BCUT2D eigenvalue weighted by Gasteiger charge is -2.12. The number of nitrogens with zero attached hydrogens (tertiary/aromatic N) is 1. The molecule has 19 heavy (non-hydrogen) atoms. The van der Waals surface area contributed by atoms with Crippen LogP contribution in [0.5, 0.6) is 0 Å². The van der Waals surface area contributed by atoms with Crippen LogP contribution in [0.25, 0.3) is 0 Å². The van der Waals surface area contributed by atoms with Gasteiger partial charge in [0.2, 0.25) is 0 Å². The van der Waals surface area contributed by atoms with Gasteiger partial charge in [0, 0.05) is 24.7 Å². The van der Waals surface area contributed by atoms with Crippen molar-refractivity contribution in [3.63, 3.8) is 0 Å². The molecule has 2 N–H and O–H groups in total. The summed E-state index contributed by atoms with van der Waals surface area (Å²) in [6.07, 6.45) is 3.18. The zero-order valence-corrected chi connectivity index (χ0v) is 12.4. The number of benzene rings is 1. The molecule has 0 spiro atoms. The van der Waals surface area contributed by atoms with E-state index >= 15 is 0 Å². The first-order chi connectivity index (χ1) is 9.08. The average Bonchev–Trinajstić information content (AvgIpc) is 2.86. The monoisotopic (exact) mass is 379 g/mol. The predicted octanol–water partition coefficient (Wildman–Crippen LogP) is 2.89. The number of hydrogen-bond acceptors (Lipinski definition) is 4. The summed E-state index contributed by atoms with van der Waals surface area (Å²) in [4.78, 5) is 10.4. The smallest absolute Gasteiger partial charge is 0.293 e. The number of halogens is 2. The van der Waals surface area contributed by atoms with Crippen molar-refractivity contribution in [3.05, 3.63) is 31.6 Å². The SMILES string of the molecule is O=[N+]([O-])c1cc(I)c(F)cc1NCC[C@@H]1CCCN1. The molecule has 0 amide bonds. The van der Waals surface area contributed by atoms with Gasteiger partial charge in [-0.05, 0) is 48.4 Å². The van der Waals surface area contributed by atoms with Crippen molar-refractivity contribution < 1.29 is 9.31 Å². The third-order valence-electron chi connectivity index (χ3n) is 3.21. The maximum absolute atomic E-state index is 13.5. The molecular formula is C12H15FIN3O2. The van der Waals surface area contributed by atoms with Crippen molar-refractivity contribution in [2.75, 3.05) is 18.4 Å². The second-order valence-electron chi connectivity index (χ2n) is 4.55. The van der Waals surface area contributed by atoms with Gasteiger partial charge in [-0.3, -0.25) is 10.1 Å². The molecular weight excluding hydrogens is 364 g/mol. The maximum atomic E-state index is 13.5. The maximum Gasteiger partial charge on any atom is 0.293 e. The number of anilines is 1. The molecule has 5 nitrogen and oxygen atoms in total. The van der Waals surface area contributed by atoms with Crippen LogP contribution < -0.4 is 10.6 Å². The van der Waals surface area contributed by atoms with E-state index in [-0.39, 0.29) is 14.9 Å². The Morgan fingerprint density at radius 3 is 3.00 bits per heavy atom. The molecule has 0 aliphatic carbocycles. The molecule has 1 saturated heterocycles. The fraction of sp³-hybridized carbons (Fsp3) is 0.500. The van der Waals surface area contributed by atoms with E-state index in [1.807, 2.05) is 0 Å². The summed E-state index contributed by atoms with van der Waals surface area (Å²) in [5, 5.41) is 17.2. The van der Waals surface area contributed by atoms with E-state index in [1.54, 1.807) is 22.6 Å². The van der Waals surface area contributed by atoms with Gasteiger partial charge < -0.3 is 10.6 Å². The average molecular weight is 379 g/mol. The highest BCUT2D eigenvalue weighted by molar-refractivity contribution is 14.1. The zero-order chi connectivity index (χ0) is 13.8. The Labute approximate surface area is 124 Å². The first kappa shape index (κ1) is 14.4. The lowest BCUT2D eigenvalue weighted by atomic mass is 10.1. The fourth-order valence-electron chi connectivity index (χ4n) is 2.21. The lowest BCUT2D eigenvalue weighted by molar-refractivity contribution is -0.384. The van der Waals surface area contributed by atoms with Crippen molar-refractivity contribution in [1.29, 1.82) is 0 Å². The van der Waals surface area contributed by atoms with E-state index in [1.165, 1.54) is 18.6 Å². The van der Waals surface area contributed by atoms with E-state index < -0.39 is 10.7 Å². The van der Waals surface area contributed by atoms with Gasteiger partial charge in [-0.2, -0.15) is 0 Å². The highest BCUT2D eigenvalue weighted by Gasteiger charge is 2.18. The van der Waals surface area contributed by atoms with Gasteiger partial charge in [-0.25, -0.2) is 4.39 Å². The minimum absolute atomic E-state index is 0.0785. The molecule has 1 heterocycles. The van der Waals surface area contributed by atoms with Gasteiger partial charge in [-0.15, -0.1) is 0 Å². The van der Waals surface area contributed by atoms with Gasteiger partial charge in [0.05, 0.1) is 8.49 Å². The van der Waals surface area contributed by atoms with Gasteiger partial charge in [-0.1, -0.05) is 0 Å². The van der Waals surface area contributed by atoms with E-state index in [0.717, 1.165) is 19.4 Å². The Kier molecular flexibility index (Phi) is 4.92. The molecule has 1 aliphatic rings. The molecule has 1 aromatic carbocycles. The summed E-state index contributed by atoms with van der Waals surface area (Å²) in [5.41, 5.74) is 0.172. The largest absolute Gasteiger partial charge is 0.379 e. The molecule has 0 radical (unpaired) electrons. The second-order valence-corrected chi connectivity index (χ2v) is 5.71. The van der Waals surface area contributed by atoms with Crippen LogP contribution >= 0.6 is 22.6 Å². The highest BCUT2D eigenvalue weighted by atomic mass is 127. The van der Waals surface area contributed by atoms with Gasteiger partial charge in [0.25, 0.3) is 5.69 Å². The first-order valence-electron chi connectivity index (χ1n) is 6.18. The normalized spacial score (nSPS) is 18.5. The molecule has 0 aromatic heterocycles. The Morgan fingerprint density at radius 2 is 2.37 bits per heavy atom. The molecule has 1 aromatic rings. The van der Waals surface area contributed by atoms with Crippen molar-refractivity contribution in [2.45, 2.75) is 25.3 Å². The van der Waals surface area contributed by atoms with E-state index in [4.69, 9.17) is 0 Å². The number of nitrogens with one attached hydrogen (secondary N) is 2. The van der Waals surface area contributed by atoms with Crippen LogP contribution in [0.4, 0.5) is 15.8 Å². The molecule has 0 unspecified atom stereocenters. The van der Waals surface area contributed by atoms with Crippen molar-refractivity contribution in [1.82, 2.24) is 5.32 Å². The van der Waals surface area contributed by atoms with E-state index in [0.29, 0.717) is 12.6 Å². The predicted molar refractivity (Wildman–Crippen MR) is 79.9 cm³/mol. The van der Waals surface area contributed by atoms with E-state index in [9.17, 15) is 14.5 Å². The zero-order valence-electron chi connectivity index (χ0n) is 10.3. The van der Waals surface area contributed by atoms with Crippen LogP contribution in [-0.2, 0) is 0 Å². The number of hydrogen-bond donors (Lipinski definition) is 2. The molecule has 2 rings (SSSR count). The lowest BCUT2D eigenvalue weighted by Crippen LogP contribution is -2.24. The Balaban J connectivity index is 2.01. The van der Waals surface area contributed by atoms with Crippen molar-refractivity contribution in [2.24, 2.45) is 0 Å². The molecule has 0 bridgehead atoms. The number of rotatable bonds is 5. The van der Waals surface area contributed by atoms with Gasteiger partial charge in [0.15, 0.2) is 0 Å². The molecule has 7 heteroatoms. The van der Waals surface area contributed by atoms with Crippen LogP contribution in [0.3, 0.4) is 0 Å². The molecule has 1 atom stereocenters. The van der Waals surface area contributed by atoms with Crippen molar-refractivity contribution in [3.8, 4) is 0 Å². The highest BCUT2D eigenvalue weighted by Crippen LogP contribution is 2.28. The number of nitro benzene ring substituents is 1. The van der Waals surface area contributed by atoms with E-state index in [2.05, 4.69) is 10.6 Å². The van der Waals surface area contributed by atoms with Crippen LogP contribution in [-0.4, -0.2) is 24.1 Å². The summed E-state index contributed by atoms with van der Waals surface area (Å²) in [6.45, 7) is 1.63. The Morgan fingerprint density at radius 1 is 1.58 bits per heavy atom. The minimum Gasteiger partial charge on any atom is -0.379 e. The molecule has 104 valence electrons. The fourth-order valence-corrected chi connectivity index (χ4v) is 2.66. The Bertz CT molecular complexity index is 478. The molecule has 1 fully saturated rings. The van der Waals surface area contributed by atoms with Crippen LogP contribution in [0, 0.1) is 19.5 Å². The number of nitro groups is 1. The summed E-state index contributed by atoms with van der Waals surface area (Å²) < 4.78 is 13.7. The van der Waals surface area contributed by atoms with Crippen molar-refractivity contribution >= 4 is 34.0 Å². The quantitative estimate of drug-likeness (QED) is 0.469. The van der Waals surface area contributed by atoms with Gasteiger partial charge >= 0.3 is 0 Å². The third-order valence-corrected chi connectivity index (χ3v) is 4.03. The second kappa shape index (κ2) is 6.47.